The molecule has 1 aliphatic rings. The number of nitrogens with zero attached hydrogens (tertiary/aromatic N) is 3. The zero-order valence-electron chi connectivity index (χ0n) is 14.2. The van der Waals surface area contributed by atoms with Crippen LogP contribution in [0.5, 0.6) is 0 Å². The Morgan fingerprint density at radius 3 is 2.30 bits per heavy atom. The average Bonchev–Trinajstić information content (AvgIpc) is 2.63. The van der Waals surface area contributed by atoms with Gasteiger partial charge < -0.3 is 4.90 Å². The molecule has 0 bridgehead atoms. The summed E-state index contributed by atoms with van der Waals surface area (Å²) in [7, 11) is 0. The SMILES string of the molecule is O=C(c1ccc(F)cc1F)N1CCN(Cc2ccc([N+](=O)[O-])cc2F)CC1. The van der Waals surface area contributed by atoms with Crippen molar-refractivity contribution in [2.75, 3.05) is 26.2 Å². The first-order valence-corrected chi connectivity index (χ1v) is 8.24. The Bertz CT molecular complexity index is 883. The van der Waals surface area contributed by atoms with E-state index < -0.39 is 28.3 Å². The predicted octanol–water partition coefficient (Wildman–Crippen LogP) is 2.97. The molecule has 0 radical (unpaired) electrons. The fourth-order valence-corrected chi connectivity index (χ4v) is 2.96. The van der Waals surface area contributed by atoms with Crippen LogP contribution in [-0.2, 0) is 6.54 Å². The highest BCUT2D eigenvalue weighted by Gasteiger charge is 2.25. The fourth-order valence-electron chi connectivity index (χ4n) is 2.96. The van der Waals surface area contributed by atoms with Gasteiger partial charge in [0.15, 0.2) is 0 Å². The van der Waals surface area contributed by atoms with Crippen molar-refractivity contribution in [2.24, 2.45) is 0 Å². The molecule has 0 aromatic heterocycles. The molecule has 1 fully saturated rings. The quantitative estimate of drug-likeness (QED) is 0.605. The van der Waals surface area contributed by atoms with E-state index in [1.165, 1.54) is 17.0 Å². The largest absolute Gasteiger partial charge is 0.336 e. The first-order valence-electron chi connectivity index (χ1n) is 8.24. The molecule has 0 atom stereocenters. The predicted molar refractivity (Wildman–Crippen MR) is 90.6 cm³/mol. The number of piperazine rings is 1. The number of carbonyl (C=O) groups excluding carboxylic acids is 1. The van der Waals surface area contributed by atoms with Crippen LogP contribution in [0.1, 0.15) is 15.9 Å². The third-order valence-corrected chi connectivity index (χ3v) is 4.46. The maximum Gasteiger partial charge on any atom is 0.272 e. The zero-order valence-corrected chi connectivity index (χ0v) is 14.2. The molecule has 6 nitrogen and oxygen atoms in total. The summed E-state index contributed by atoms with van der Waals surface area (Å²) in [6, 6.07) is 6.32. The number of non-ortho nitro benzene ring substituents is 1. The van der Waals surface area contributed by atoms with Gasteiger partial charge in [-0.05, 0) is 18.2 Å². The maximum absolute atomic E-state index is 14.0. The normalized spacial score (nSPS) is 15.0. The molecular formula is C18H16F3N3O3. The van der Waals surface area contributed by atoms with Gasteiger partial charge in [-0.2, -0.15) is 0 Å². The summed E-state index contributed by atoms with van der Waals surface area (Å²) in [5, 5.41) is 10.7. The fraction of sp³-hybridized carbons (Fsp3) is 0.278. The lowest BCUT2D eigenvalue weighted by Gasteiger charge is -2.34. The molecule has 2 aromatic rings. The van der Waals surface area contributed by atoms with E-state index in [1.807, 2.05) is 4.90 Å². The van der Waals surface area contributed by atoms with E-state index >= 15 is 0 Å². The summed E-state index contributed by atoms with van der Waals surface area (Å²) in [5.41, 5.74) is -0.177. The van der Waals surface area contributed by atoms with Crippen molar-refractivity contribution >= 4 is 11.6 Å². The molecule has 1 saturated heterocycles. The molecule has 0 saturated carbocycles. The summed E-state index contributed by atoms with van der Waals surface area (Å²) >= 11 is 0. The molecule has 0 spiro atoms. The van der Waals surface area contributed by atoms with Gasteiger partial charge in [0.05, 0.1) is 16.6 Å². The molecule has 0 N–H and O–H groups in total. The smallest absolute Gasteiger partial charge is 0.272 e. The molecule has 1 heterocycles. The van der Waals surface area contributed by atoms with Crippen LogP contribution in [0.2, 0.25) is 0 Å². The van der Waals surface area contributed by atoms with Crippen LogP contribution < -0.4 is 0 Å². The Hall–Kier alpha value is -2.94. The second-order valence-electron chi connectivity index (χ2n) is 6.23. The van der Waals surface area contributed by atoms with Crippen molar-refractivity contribution in [3.05, 3.63) is 75.1 Å². The van der Waals surface area contributed by atoms with Crippen LogP contribution in [0, 0.1) is 27.6 Å². The third kappa shape index (κ3) is 4.25. The van der Waals surface area contributed by atoms with E-state index in [4.69, 9.17) is 0 Å². The van der Waals surface area contributed by atoms with E-state index in [2.05, 4.69) is 0 Å². The summed E-state index contributed by atoms with van der Waals surface area (Å²) < 4.78 is 40.7. The lowest BCUT2D eigenvalue weighted by molar-refractivity contribution is -0.385. The van der Waals surface area contributed by atoms with Crippen LogP contribution >= 0.6 is 0 Å². The second kappa shape index (κ2) is 7.75. The Morgan fingerprint density at radius 2 is 1.70 bits per heavy atom. The van der Waals surface area contributed by atoms with Gasteiger partial charge in [0.2, 0.25) is 0 Å². The van der Waals surface area contributed by atoms with Crippen molar-refractivity contribution in [1.82, 2.24) is 9.80 Å². The van der Waals surface area contributed by atoms with E-state index in [1.54, 1.807) is 0 Å². The van der Waals surface area contributed by atoms with Crippen molar-refractivity contribution < 1.29 is 22.9 Å². The van der Waals surface area contributed by atoms with Gasteiger partial charge in [0.25, 0.3) is 11.6 Å². The second-order valence-corrected chi connectivity index (χ2v) is 6.23. The molecule has 1 amide bonds. The first kappa shape index (κ1) is 18.8. The van der Waals surface area contributed by atoms with Crippen LogP contribution in [-0.4, -0.2) is 46.8 Å². The minimum atomic E-state index is -0.907. The molecule has 1 aliphatic heterocycles. The highest BCUT2D eigenvalue weighted by Crippen LogP contribution is 2.19. The number of nitro groups is 1. The van der Waals surface area contributed by atoms with Crippen LogP contribution in [0.3, 0.4) is 0 Å². The average molecular weight is 379 g/mol. The van der Waals surface area contributed by atoms with Gasteiger partial charge in [-0.3, -0.25) is 19.8 Å². The third-order valence-electron chi connectivity index (χ3n) is 4.46. The Kier molecular flexibility index (Phi) is 5.41. The number of benzene rings is 2. The van der Waals surface area contributed by atoms with Crippen molar-refractivity contribution in [2.45, 2.75) is 6.54 Å². The van der Waals surface area contributed by atoms with Crippen LogP contribution in [0.25, 0.3) is 0 Å². The summed E-state index contributed by atoms with van der Waals surface area (Å²) in [5.74, 6) is -2.83. The molecule has 142 valence electrons. The molecule has 0 unspecified atom stereocenters. The standard InChI is InChI=1S/C18H16F3N3O3/c19-13-2-4-15(17(21)9-13)18(25)23-7-5-22(6-8-23)11-12-1-3-14(24(26)27)10-16(12)20/h1-4,9-10H,5-8,11H2. The highest BCUT2D eigenvalue weighted by atomic mass is 19.1. The number of amides is 1. The summed E-state index contributed by atoms with van der Waals surface area (Å²) in [6.07, 6.45) is 0. The summed E-state index contributed by atoms with van der Waals surface area (Å²) in [4.78, 5) is 25.7. The van der Waals surface area contributed by atoms with E-state index in [0.717, 1.165) is 18.2 Å². The number of carbonyl (C=O) groups is 1. The Balaban J connectivity index is 1.60. The van der Waals surface area contributed by atoms with E-state index in [9.17, 15) is 28.1 Å². The lowest BCUT2D eigenvalue weighted by Crippen LogP contribution is -2.48. The van der Waals surface area contributed by atoms with Gasteiger partial charge in [-0.15, -0.1) is 0 Å². The van der Waals surface area contributed by atoms with Crippen molar-refractivity contribution in [3.8, 4) is 0 Å². The van der Waals surface area contributed by atoms with E-state index in [-0.39, 0.29) is 17.8 Å². The van der Waals surface area contributed by atoms with Gasteiger partial charge in [0, 0.05) is 50.4 Å². The number of hydrogen-bond acceptors (Lipinski definition) is 4. The Labute approximate surface area is 153 Å². The number of rotatable bonds is 4. The van der Waals surface area contributed by atoms with Crippen molar-refractivity contribution in [1.29, 1.82) is 0 Å². The first-order chi connectivity index (χ1) is 12.8. The number of nitro benzene ring substituents is 1. The number of hydrogen-bond donors (Lipinski definition) is 0. The van der Waals surface area contributed by atoms with Gasteiger partial charge in [-0.25, -0.2) is 13.2 Å². The molecule has 2 aromatic carbocycles. The topological polar surface area (TPSA) is 66.7 Å². The van der Waals surface area contributed by atoms with Crippen LogP contribution in [0.15, 0.2) is 36.4 Å². The zero-order chi connectivity index (χ0) is 19.6. The molecule has 0 aliphatic carbocycles. The number of halogens is 3. The molecular weight excluding hydrogens is 363 g/mol. The van der Waals surface area contributed by atoms with E-state index in [0.29, 0.717) is 37.8 Å². The lowest BCUT2D eigenvalue weighted by atomic mass is 10.1. The Morgan fingerprint density at radius 1 is 1.00 bits per heavy atom. The van der Waals surface area contributed by atoms with Crippen molar-refractivity contribution in [3.63, 3.8) is 0 Å². The van der Waals surface area contributed by atoms with Crippen LogP contribution in [0.4, 0.5) is 18.9 Å². The molecule has 9 heteroatoms. The maximum atomic E-state index is 14.0. The minimum absolute atomic E-state index is 0.189. The molecule has 3 rings (SSSR count). The van der Waals surface area contributed by atoms with Gasteiger partial charge >= 0.3 is 0 Å². The van der Waals surface area contributed by atoms with Gasteiger partial charge in [0.1, 0.15) is 17.5 Å². The molecule has 27 heavy (non-hydrogen) atoms. The summed E-state index contributed by atoms with van der Waals surface area (Å²) in [6.45, 7) is 1.74. The monoisotopic (exact) mass is 379 g/mol. The minimum Gasteiger partial charge on any atom is -0.336 e. The van der Waals surface area contributed by atoms with Gasteiger partial charge in [-0.1, -0.05) is 0 Å². The highest BCUT2D eigenvalue weighted by molar-refractivity contribution is 5.94.